The summed E-state index contributed by atoms with van der Waals surface area (Å²) in [6.45, 7) is 3.51. The maximum absolute atomic E-state index is 12.5. The maximum Gasteiger partial charge on any atom is 0.242 e. The highest BCUT2D eigenvalue weighted by atomic mass is 32.2. The molecule has 2 aliphatic heterocycles. The molecular weight excluding hydrogens is 322 g/mol. The van der Waals surface area contributed by atoms with E-state index in [2.05, 4.69) is 5.32 Å². The van der Waals surface area contributed by atoms with Gasteiger partial charge in [0.1, 0.15) is 0 Å². The average Bonchev–Trinajstić information content (AvgIpc) is 2.95. The predicted octanol–water partition coefficient (Wildman–Crippen LogP) is -0.690. The van der Waals surface area contributed by atoms with Crippen molar-refractivity contribution in [1.82, 2.24) is 14.5 Å². The third-order valence-electron chi connectivity index (χ3n) is 4.43. The van der Waals surface area contributed by atoms with Gasteiger partial charge in [-0.25, -0.2) is 12.7 Å². The number of fused-ring (bicyclic) bond motifs is 1. The summed E-state index contributed by atoms with van der Waals surface area (Å²) in [6, 6.07) is -0.922. The zero-order valence-corrected chi connectivity index (χ0v) is 14.4. The van der Waals surface area contributed by atoms with E-state index in [1.807, 2.05) is 6.92 Å². The van der Waals surface area contributed by atoms with Gasteiger partial charge >= 0.3 is 0 Å². The summed E-state index contributed by atoms with van der Waals surface area (Å²) in [5.74, 6) is -1.50. The van der Waals surface area contributed by atoms with Gasteiger partial charge in [-0.1, -0.05) is 13.3 Å². The Labute approximate surface area is 136 Å². The van der Waals surface area contributed by atoms with Crippen molar-refractivity contribution in [2.75, 3.05) is 19.3 Å². The highest BCUT2D eigenvalue weighted by Crippen LogP contribution is 2.39. The maximum atomic E-state index is 12.5. The second-order valence-electron chi connectivity index (χ2n) is 6.14. The largest absolute Gasteiger partial charge is 0.347 e. The van der Waals surface area contributed by atoms with E-state index in [4.69, 9.17) is 0 Å². The number of nitrogens with zero attached hydrogens (tertiary/aromatic N) is 2. The Kier molecular flexibility index (Phi) is 4.98. The van der Waals surface area contributed by atoms with Gasteiger partial charge in [0.2, 0.25) is 27.7 Å². The van der Waals surface area contributed by atoms with Gasteiger partial charge in [0.25, 0.3) is 0 Å². The lowest BCUT2D eigenvalue weighted by Crippen LogP contribution is -2.46. The van der Waals surface area contributed by atoms with Crippen LogP contribution in [0.4, 0.5) is 0 Å². The van der Waals surface area contributed by atoms with Crippen molar-refractivity contribution >= 4 is 27.7 Å². The van der Waals surface area contributed by atoms with Crippen LogP contribution in [0.3, 0.4) is 0 Å². The first-order valence-electron chi connectivity index (χ1n) is 7.75. The minimum absolute atomic E-state index is 0.134. The van der Waals surface area contributed by atoms with Crippen LogP contribution in [0.1, 0.15) is 33.1 Å². The minimum atomic E-state index is -3.66. The van der Waals surface area contributed by atoms with E-state index in [0.717, 1.165) is 17.0 Å². The smallest absolute Gasteiger partial charge is 0.242 e. The zero-order valence-electron chi connectivity index (χ0n) is 13.6. The average molecular weight is 345 g/mol. The molecule has 2 aliphatic rings. The van der Waals surface area contributed by atoms with Crippen molar-refractivity contribution in [2.45, 2.75) is 45.2 Å². The van der Waals surface area contributed by atoms with Crippen LogP contribution in [0.5, 0.6) is 0 Å². The van der Waals surface area contributed by atoms with E-state index in [0.29, 0.717) is 19.4 Å². The number of rotatable bonds is 5. The lowest BCUT2D eigenvalue weighted by atomic mass is 9.94. The van der Waals surface area contributed by atoms with Crippen molar-refractivity contribution in [3.8, 4) is 0 Å². The lowest BCUT2D eigenvalue weighted by molar-refractivity contribution is -0.135. The fourth-order valence-electron chi connectivity index (χ4n) is 3.62. The van der Waals surface area contributed by atoms with Crippen LogP contribution in [0.25, 0.3) is 0 Å². The highest BCUT2D eigenvalue weighted by molar-refractivity contribution is 7.88. The summed E-state index contributed by atoms with van der Waals surface area (Å²) < 4.78 is 24.9. The van der Waals surface area contributed by atoms with Gasteiger partial charge in [-0.2, -0.15) is 0 Å². The molecule has 9 heteroatoms. The topological polar surface area (TPSA) is 104 Å². The molecule has 0 aliphatic carbocycles. The van der Waals surface area contributed by atoms with Gasteiger partial charge < -0.3 is 10.2 Å². The van der Waals surface area contributed by atoms with E-state index < -0.39 is 33.9 Å². The number of hydrogen-bond donors (Lipinski definition) is 1. The molecule has 0 unspecified atom stereocenters. The van der Waals surface area contributed by atoms with Gasteiger partial charge in [-0.15, -0.1) is 0 Å². The third-order valence-corrected chi connectivity index (χ3v) is 5.60. The third kappa shape index (κ3) is 3.34. The van der Waals surface area contributed by atoms with Crippen LogP contribution in [0, 0.1) is 5.92 Å². The SMILES string of the molecule is CCC[C@H]1C(=O)N(S(C)(=O)=O)[C@H]2CCN(C(=O)CNC(C)=O)[C@H]12. The summed E-state index contributed by atoms with van der Waals surface area (Å²) in [5, 5.41) is 2.45. The number of nitrogens with one attached hydrogen (secondary N) is 1. The number of likely N-dealkylation sites (tertiary alicyclic amines) is 1. The van der Waals surface area contributed by atoms with Crippen molar-refractivity contribution in [1.29, 1.82) is 0 Å². The molecule has 3 amide bonds. The molecule has 2 rings (SSSR count). The molecule has 2 heterocycles. The van der Waals surface area contributed by atoms with Crippen LogP contribution in [0.15, 0.2) is 0 Å². The molecule has 0 saturated carbocycles. The fourth-order valence-corrected chi connectivity index (χ4v) is 4.80. The molecular formula is C14H23N3O5S. The predicted molar refractivity (Wildman–Crippen MR) is 82.7 cm³/mol. The first kappa shape index (κ1) is 17.7. The van der Waals surface area contributed by atoms with E-state index in [1.54, 1.807) is 4.90 Å². The highest BCUT2D eigenvalue weighted by Gasteiger charge is 2.56. The molecule has 1 N–H and O–H groups in total. The normalized spacial score (nSPS) is 27.3. The molecule has 8 nitrogen and oxygen atoms in total. The summed E-state index contributed by atoms with van der Waals surface area (Å²) >= 11 is 0. The molecule has 0 aromatic rings. The molecule has 0 spiro atoms. The summed E-state index contributed by atoms with van der Waals surface area (Å²) in [6.07, 6.45) is 2.73. The molecule has 0 aromatic heterocycles. The Bertz CT molecular complexity index is 618. The van der Waals surface area contributed by atoms with E-state index in [1.165, 1.54) is 6.92 Å². The zero-order chi connectivity index (χ0) is 17.4. The number of amides is 3. The van der Waals surface area contributed by atoms with E-state index >= 15 is 0 Å². The molecule has 0 bridgehead atoms. The summed E-state index contributed by atoms with van der Waals surface area (Å²) in [7, 11) is -3.66. The molecule has 0 radical (unpaired) electrons. The molecule has 130 valence electrons. The van der Waals surface area contributed by atoms with Crippen LogP contribution in [-0.4, -0.2) is 66.8 Å². The number of carbonyl (C=O) groups is 3. The van der Waals surface area contributed by atoms with Crippen LogP contribution < -0.4 is 5.32 Å². The van der Waals surface area contributed by atoms with Crippen molar-refractivity contribution in [3.05, 3.63) is 0 Å². The first-order chi connectivity index (χ1) is 10.7. The second kappa shape index (κ2) is 6.46. The van der Waals surface area contributed by atoms with Crippen molar-refractivity contribution in [3.63, 3.8) is 0 Å². The monoisotopic (exact) mass is 345 g/mol. The van der Waals surface area contributed by atoms with Crippen molar-refractivity contribution < 1.29 is 22.8 Å². The summed E-state index contributed by atoms with van der Waals surface area (Å²) in [5.41, 5.74) is 0. The number of carbonyl (C=O) groups excluding carboxylic acids is 3. The summed E-state index contributed by atoms with van der Waals surface area (Å²) in [4.78, 5) is 37.4. The van der Waals surface area contributed by atoms with Crippen LogP contribution >= 0.6 is 0 Å². The van der Waals surface area contributed by atoms with E-state index in [-0.39, 0.29) is 18.4 Å². The van der Waals surface area contributed by atoms with E-state index in [9.17, 15) is 22.8 Å². The Balaban J connectivity index is 2.26. The van der Waals surface area contributed by atoms with Gasteiger partial charge in [0, 0.05) is 13.5 Å². The van der Waals surface area contributed by atoms with Gasteiger partial charge in [0.05, 0.1) is 30.8 Å². The van der Waals surface area contributed by atoms with Crippen LogP contribution in [0.2, 0.25) is 0 Å². The molecule has 23 heavy (non-hydrogen) atoms. The Hall–Kier alpha value is -1.64. The van der Waals surface area contributed by atoms with Crippen molar-refractivity contribution in [2.24, 2.45) is 5.92 Å². The number of hydrogen-bond acceptors (Lipinski definition) is 5. The molecule has 3 atom stereocenters. The molecule has 0 aromatic carbocycles. The number of sulfonamides is 1. The van der Waals surface area contributed by atoms with Crippen LogP contribution in [-0.2, 0) is 24.4 Å². The van der Waals surface area contributed by atoms with Gasteiger partial charge in [-0.05, 0) is 12.8 Å². The Morgan fingerprint density at radius 3 is 2.52 bits per heavy atom. The minimum Gasteiger partial charge on any atom is -0.347 e. The molecule has 2 saturated heterocycles. The Morgan fingerprint density at radius 1 is 1.35 bits per heavy atom. The van der Waals surface area contributed by atoms with Gasteiger partial charge in [-0.3, -0.25) is 14.4 Å². The Morgan fingerprint density at radius 2 is 2.00 bits per heavy atom. The molecule has 2 fully saturated rings. The standard InChI is InChI=1S/C14H23N3O5S/c1-4-5-10-13-11(17(14(10)20)23(3,21)22)6-7-16(13)12(19)8-15-9(2)18/h10-11,13H,4-8H2,1-3H3,(H,15,18)/t10-,11+,13-/m1/s1. The van der Waals surface area contributed by atoms with Gasteiger partial charge in [0.15, 0.2) is 0 Å². The fraction of sp³-hybridized carbons (Fsp3) is 0.786. The lowest BCUT2D eigenvalue weighted by Gasteiger charge is -2.27. The quantitative estimate of drug-likeness (QED) is 0.710. The first-order valence-corrected chi connectivity index (χ1v) is 9.60. The second-order valence-corrected chi connectivity index (χ2v) is 8.00.